The maximum atomic E-state index is 12.7. The molecular weight excluding hydrogens is 389 g/mol. The molecule has 2 N–H and O–H groups in total. The second-order valence-electron chi connectivity index (χ2n) is 5.43. The first-order chi connectivity index (χ1) is 11.3. The maximum Gasteiger partial charge on any atom is 0.454 e. The number of amides is 1. The minimum atomic E-state index is -4.91. The second-order valence-corrected chi connectivity index (χ2v) is 6.35. The molecule has 0 fully saturated rings. The normalized spacial score (nSPS) is 15.7. The van der Waals surface area contributed by atoms with Gasteiger partial charge >= 0.3 is 6.18 Å². The number of carbonyl (C=O) groups excluding carboxylic acids is 2. The van der Waals surface area contributed by atoms with E-state index in [0.29, 0.717) is 18.4 Å². The van der Waals surface area contributed by atoms with Gasteiger partial charge in [-0.2, -0.15) is 13.2 Å². The van der Waals surface area contributed by atoms with Crippen LogP contribution in [-0.4, -0.2) is 17.9 Å². The Hall–Kier alpha value is -1.83. The van der Waals surface area contributed by atoms with Gasteiger partial charge in [0, 0.05) is 21.3 Å². The maximum absolute atomic E-state index is 12.7. The van der Waals surface area contributed by atoms with Crippen molar-refractivity contribution >= 4 is 27.6 Å². The van der Waals surface area contributed by atoms with E-state index in [1.165, 1.54) is 0 Å². The zero-order valence-electron chi connectivity index (χ0n) is 12.7. The number of hydrazine groups is 1. The number of Topliss-reactive ketones (excluding diaryl/α,β-unsaturated/α-hetero) is 1. The van der Waals surface area contributed by atoms with Crippen molar-refractivity contribution in [3.05, 3.63) is 45.6 Å². The third-order valence-corrected chi connectivity index (χ3v) is 4.21. The number of halogens is 4. The van der Waals surface area contributed by atoms with Crippen LogP contribution < -0.4 is 10.9 Å². The molecule has 1 amide bonds. The number of benzene rings is 1. The van der Waals surface area contributed by atoms with Crippen LogP contribution in [0.4, 0.5) is 13.2 Å². The fourth-order valence-electron chi connectivity index (χ4n) is 2.45. The molecule has 0 unspecified atom stereocenters. The van der Waals surface area contributed by atoms with Crippen molar-refractivity contribution < 1.29 is 22.8 Å². The summed E-state index contributed by atoms with van der Waals surface area (Å²) in [6, 6.07) is 6.51. The highest BCUT2D eigenvalue weighted by atomic mass is 79.9. The van der Waals surface area contributed by atoms with E-state index in [-0.39, 0.29) is 24.1 Å². The summed E-state index contributed by atoms with van der Waals surface area (Å²) in [5, 5.41) is 0. The number of rotatable bonds is 4. The van der Waals surface area contributed by atoms with Crippen molar-refractivity contribution in [3.8, 4) is 0 Å². The van der Waals surface area contributed by atoms with Gasteiger partial charge in [0.2, 0.25) is 0 Å². The Balaban J connectivity index is 2.13. The minimum absolute atomic E-state index is 0.0504. The molecule has 1 aliphatic carbocycles. The lowest BCUT2D eigenvalue weighted by Gasteiger charge is -2.16. The number of carbonyl (C=O) groups is 2. The molecule has 4 nitrogen and oxygen atoms in total. The summed E-state index contributed by atoms with van der Waals surface area (Å²) >= 11 is 3.25. The van der Waals surface area contributed by atoms with Crippen LogP contribution in [0.15, 0.2) is 40.0 Å². The standard InChI is InChI=1S/C16H16BrF3N2O2/c17-11-8-6-10(7-9-11)15(24)22-21-13-5-3-1-2-4-12(13)14(23)16(18,19)20/h6-9,21H,1-5H2,(H,22,24). The molecule has 2 rings (SSSR count). The lowest BCUT2D eigenvalue weighted by Crippen LogP contribution is -2.38. The third kappa shape index (κ3) is 4.83. The molecule has 0 aromatic heterocycles. The monoisotopic (exact) mass is 404 g/mol. The van der Waals surface area contributed by atoms with Crippen molar-refractivity contribution in [1.29, 1.82) is 0 Å². The molecule has 0 radical (unpaired) electrons. The summed E-state index contributed by atoms with van der Waals surface area (Å²) < 4.78 is 39.0. The van der Waals surface area contributed by atoms with Gasteiger partial charge in [0.25, 0.3) is 11.7 Å². The van der Waals surface area contributed by atoms with E-state index >= 15 is 0 Å². The van der Waals surface area contributed by atoms with Crippen LogP contribution >= 0.6 is 15.9 Å². The summed E-state index contributed by atoms with van der Waals surface area (Å²) in [4.78, 5) is 23.6. The molecule has 1 aromatic carbocycles. The zero-order chi connectivity index (χ0) is 17.7. The quantitative estimate of drug-likeness (QED) is 0.744. The Morgan fingerprint density at radius 2 is 1.62 bits per heavy atom. The molecule has 0 bridgehead atoms. The van der Waals surface area contributed by atoms with Crippen molar-refractivity contribution in [3.63, 3.8) is 0 Å². The second kappa shape index (κ2) is 7.83. The molecule has 1 aliphatic rings. The number of hydrogen-bond donors (Lipinski definition) is 2. The van der Waals surface area contributed by atoms with Crippen LogP contribution in [0.1, 0.15) is 42.5 Å². The molecule has 0 saturated carbocycles. The highest BCUT2D eigenvalue weighted by Gasteiger charge is 2.41. The van der Waals surface area contributed by atoms with Gasteiger partial charge in [-0.1, -0.05) is 22.4 Å². The number of nitrogens with one attached hydrogen (secondary N) is 2. The molecule has 130 valence electrons. The molecule has 1 aromatic rings. The summed E-state index contributed by atoms with van der Waals surface area (Å²) in [5.41, 5.74) is 5.09. The van der Waals surface area contributed by atoms with E-state index in [9.17, 15) is 22.8 Å². The van der Waals surface area contributed by atoms with Crippen LogP contribution in [0.3, 0.4) is 0 Å². The molecule has 0 spiro atoms. The highest BCUT2D eigenvalue weighted by Crippen LogP contribution is 2.29. The topological polar surface area (TPSA) is 58.2 Å². The van der Waals surface area contributed by atoms with Crippen LogP contribution in [-0.2, 0) is 4.79 Å². The SMILES string of the molecule is O=C(NNC1=C(C(=O)C(F)(F)F)CCCCC1)c1ccc(Br)cc1. The molecule has 0 saturated heterocycles. The lowest BCUT2D eigenvalue weighted by molar-refractivity contribution is -0.166. The van der Waals surface area contributed by atoms with Gasteiger partial charge in [-0.15, -0.1) is 0 Å². The van der Waals surface area contributed by atoms with Gasteiger partial charge in [-0.05, 0) is 49.9 Å². The van der Waals surface area contributed by atoms with E-state index in [4.69, 9.17) is 0 Å². The minimum Gasteiger partial charge on any atom is -0.302 e. The first kappa shape index (κ1) is 18.5. The van der Waals surface area contributed by atoms with Gasteiger partial charge in [-0.3, -0.25) is 15.0 Å². The van der Waals surface area contributed by atoms with Crippen LogP contribution in [0.25, 0.3) is 0 Å². The Kier molecular flexibility index (Phi) is 6.04. The van der Waals surface area contributed by atoms with Gasteiger partial charge in [-0.25, -0.2) is 0 Å². The van der Waals surface area contributed by atoms with E-state index in [2.05, 4.69) is 26.8 Å². The average Bonchev–Trinajstić information content (AvgIpc) is 2.77. The molecule has 0 aliphatic heterocycles. The molecule has 0 atom stereocenters. The van der Waals surface area contributed by atoms with Crippen LogP contribution in [0, 0.1) is 0 Å². The number of hydrogen-bond acceptors (Lipinski definition) is 3. The number of ketones is 1. The van der Waals surface area contributed by atoms with Gasteiger partial charge in [0.05, 0.1) is 0 Å². The molecule has 24 heavy (non-hydrogen) atoms. The van der Waals surface area contributed by atoms with Gasteiger partial charge < -0.3 is 5.43 Å². The van der Waals surface area contributed by atoms with Crippen molar-refractivity contribution in [2.24, 2.45) is 0 Å². The molecule has 0 heterocycles. The van der Waals surface area contributed by atoms with Crippen molar-refractivity contribution in [2.45, 2.75) is 38.3 Å². The average molecular weight is 405 g/mol. The Morgan fingerprint density at radius 3 is 2.25 bits per heavy atom. The van der Waals surface area contributed by atoms with Crippen molar-refractivity contribution in [1.82, 2.24) is 10.9 Å². The first-order valence-corrected chi connectivity index (χ1v) is 8.24. The zero-order valence-corrected chi connectivity index (χ0v) is 14.3. The summed E-state index contributed by atoms with van der Waals surface area (Å²) in [5.74, 6) is -2.33. The van der Waals surface area contributed by atoms with Gasteiger partial charge in [0.1, 0.15) is 0 Å². The van der Waals surface area contributed by atoms with E-state index in [1.807, 2.05) is 0 Å². The highest BCUT2D eigenvalue weighted by molar-refractivity contribution is 9.10. The largest absolute Gasteiger partial charge is 0.454 e. The van der Waals surface area contributed by atoms with Crippen LogP contribution in [0.2, 0.25) is 0 Å². The fourth-order valence-corrected chi connectivity index (χ4v) is 2.71. The smallest absolute Gasteiger partial charge is 0.302 e. The molecule has 8 heteroatoms. The summed E-state index contributed by atoms with van der Waals surface area (Å²) in [6.07, 6.45) is -2.66. The summed E-state index contributed by atoms with van der Waals surface area (Å²) in [6.45, 7) is 0. The lowest BCUT2D eigenvalue weighted by atomic mass is 10.0. The first-order valence-electron chi connectivity index (χ1n) is 7.44. The summed E-state index contributed by atoms with van der Waals surface area (Å²) in [7, 11) is 0. The number of allylic oxidation sites excluding steroid dienone is 2. The van der Waals surface area contributed by atoms with Crippen molar-refractivity contribution in [2.75, 3.05) is 0 Å². The predicted octanol–water partition coefficient (Wildman–Crippen LogP) is 4.03. The molecular formula is C16H16BrF3N2O2. The fraction of sp³-hybridized carbons (Fsp3) is 0.375. The Bertz CT molecular complexity index is 654. The predicted molar refractivity (Wildman–Crippen MR) is 85.9 cm³/mol. The van der Waals surface area contributed by atoms with Gasteiger partial charge in [0.15, 0.2) is 0 Å². The Labute approximate surface area is 145 Å². The van der Waals surface area contributed by atoms with Crippen LogP contribution in [0.5, 0.6) is 0 Å². The number of alkyl halides is 3. The van der Waals surface area contributed by atoms with E-state index in [1.54, 1.807) is 24.3 Å². The third-order valence-electron chi connectivity index (χ3n) is 3.68. The van der Waals surface area contributed by atoms with E-state index < -0.39 is 17.9 Å². The Morgan fingerprint density at radius 1 is 1.00 bits per heavy atom. The van der Waals surface area contributed by atoms with E-state index in [0.717, 1.165) is 10.9 Å².